The fraction of sp³-hybridized carbons (Fsp3) is 0.533. The number of aryl methyl sites for hydroxylation is 1. The molecule has 1 aliphatic rings. The molecule has 0 spiro atoms. The number of carbonyl (C=O) groups is 2. The number of imidazole rings is 1. The molecule has 3 heterocycles. The molecule has 10 heteroatoms. The summed E-state index contributed by atoms with van der Waals surface area (Å²) in [5.74, 6) is 1.62. The molecule has 25 heavy (non-hydrogen) atoms. The zero-order chi connectivity index (χ0) is 17.8. The molecule has 1 aliphatic heterocycles. The maximum atomic E-state index is 12.5. The van der Waals surface area contributed by atoms with Crippen molar-refractivity contribution in [3.63, 3.8) is 0 Å². The van der Waals surface area contributed by atoms with Gasteiger partial charge in [0.1, 0.15) is 18.2 Å². The number of nitrogens with one attached hydrogen (secondary N) is 1. The number of aromatic amines is 1. The molecular weight excluding hydrogens is 342 g/mol. The van der Waals surface area contributed by atoms with Gasteiger partial charge in [0, 0.05) is 31.4 Å². The molecule has 0 saturated carbocycles. The first-order valence-electron chi connectivity index (χ1n) is 8.12. The van der Waals surface area contributed by atoms with Gasteiger partial charge in [-0.1, -0.05) is 11.8 Å². The molecule has 0 unspecified atom stereocenters. The molecule has 2 aromatic heterocycles. The number of thioether (sulfide) groups is 1. The average molecular weight is 363 g/mol. The third-order valence-electron chi connectivity index (χ3n) is 4.11. The van der Waals surface area contributed by atoms with E-state index in [0.29, 0.717) is 17.5 Å². The van der Waals surface area contributed by atoms with Gasteiger partial charge >= 0.3 is 0 Å². The van der Waals surface area contributed by atoms with E-state index < -0.39 is 5.91 Å². The second-order valence-electron chi connectivity index (χ2n) is 6.05. The molecule has 1 atom stereocenters. The highest BCUT2D eigenvalue weighted by molar-refractivity contribution is 7.99. The smallest absolute Gasteiger partial charge is 0.237 e. The van der Waals surface area contributed by atoms with Crippen molar-refractivity contribution < 1.29 is 9.59 Å². The van der Waals surface area contributed by atoms with Crippen LogP contribution in [0.15, 0.2) is 17.6 Å². The number of H-pyrrole nitrogens is 1. The normalized spacial score (nSPS) is 17.6. The Bertz CT molecular complexity index is 757. The largest absolute Gasteiger partial charge is 0.368 e. The van der Waals surface area contributed by atoms with Crippen molar-refractivity contribution in [3.8, 4) is 0 Å². The molecule has 9 nitrogen and oxygen atoms in total. The standard InChI is InChI=1S/C15H21N7O2S/c1-10-18-15(20-19-10)25-9-13(24)21-5-2-3-11(7-21)14-17-4-6-22(14)8-12(16)23/h4,6,11H,2-3,5,7-9H2,1H3,(H2,16,23)(H,18,19,20)/t11-/m0/s1. The van der Waals surface area contributed by atoms with E-state index in [4.69, 9.17) is 5.73 Å². The third kappa shape index (κ3) is 4.38. The Morgan fingerprint density at radius 2 is 2.32 bits per heavy atom. The van der Waals surface area contributed by atoms with Crippen molar-refractivity contribution in [2.45, 2.75) is 37.4 Å². The Morgan fingerprint density at radius 3 is 3.04 bits per heavy atom. The molecule has 0 aromatic carbocycles. The third-order valence-corrected chi connectivity index (χ3v) is 4.95. The van der Waals surface area contributed by atoms with Gasteiger partial charge in [0.25, 0.3) is 0 Å². The van der Waals surface area contributed by atoms with Crippen molar-refractivity contribution in [2.75, 3.05) is 18.8 Å². The monoisotopic (exact) mass is 363 g/mol. The molecule has 0 bridgehead atoms. The summed E-state index contributed by atoms with van der Waals surface area (Å²) in [5.41, 5.74) is 5.28. The number of hydrogen-bond acceptors (Lipinski definition) is 6. The van der Waals surface area contributed by atoms with Crippen LogP contribution < -0.4 is 5.73 Å². The first-order valence-corrected chi connectivity index (χ1v) is 9.10. The minimum atomic E-state index is -0.402. The van der Waals surface area contributed by atoms with Gasteiger partial charge in [-0.15, -0.1) is 5.10 Å². The lowest BCUT2D eigenvalue weighted by Crippen LogP contribution is -2.40. The van der Waals surface area contributed by atoms with Crippen molar-refractivity contribution in [1.29, 1.82) is 0 Å². The highest BCUT2D eigenvalue weighted by atomic mass is 32.2. The number of nitrogens with two attached hydrogens (primary N) is 1. The first-order chi connectivity index (χ1) is 12.0. The van der Waals surface area contributed by atoms with Crippen LogP contribution in [0.2, 0.25) is 0 Å². The molecular formula is C15H21N7O2S. The quantitative estimate of drug-likeness (QED) is 0.711. The Balaban J connectivity index is 1.60. The van der Waals surface area contributed by atoms with Crippen molar-refractivity contribution >= 4 is 23.6 Å². The zero-order valence-electron chi connectivity index (χ0n) is 14.0. The summed E-state index contributed by atoms with van der Waals surface area (Å²) in [6.07, 6.45) is 5.26. The maximum Gasteiger partial charge on any atom is 0.237 e. The lowest BCUT2D eigenvalue weighted by Gasteiger charge is -2.32. The molecule has 2 amide bonds. The summed E-state index contributed by atoms with van der Waals surface area (Å²) in [5, 5.41) is 7.37. The van der Waals surface area contributed by atoms with Crippen molar-refractivity contribution in [2.24, 2.45) is 5.73 Å². The van der Waals surface area contributed by atoms with Crippen molar-refractivity contribution in [1.82, 2.24) is 29.6 Å². The number of amides is 2. The lowest BCUT2D eigenvalue weighted by atomic mass is 9.97. The first kappa shape index (κ1) is 17.5. The average Bonchev–Trinajstić information content (AvgIpc) is 3.21. The maximum absolute atomic E-state index is 12.5. The minimum absolute atomic E-state index is 0.0603. The van der Waals surface area contributed by atoms with Crippen LogP contribution in [0.1, 0.15) is 30.4 Å². The summed E-state index contributed by atoms with van der Waals surface area (Å²) < 4.78 is 1.77. The molecule has 2 aromatic rings. The number of aromatic nitrogens is 5. The van der Waals surface area contributed by atoms with E-state index in [1.807, 2.05) is 11.8 Å². The van der Waals surface area contributed by atoms with E-state index in [9.17, 15) is 9.59 Å². The zero-order valence-corrected chi connectivity index (χ0v) is 14.8. The number of hydrogen-bond donors (Lipinski definition) is 2. The highest BCUT2D eigenvalue weighted by Crippen LogP contribution is 2.26. The number of piperidine rings is 1. The van der Waals surface area contributed by atoms with Crippen LogP contribution in [0.3, 0.4) is 0 Å². The number of likely N-dealkylation sites (tertiary alicyclic amines) is 1. The Labute approximate surface area is 149 Å². The fourth-order valence-corrected chi connectivity index (χ4v) is 3.75. The van der Waals surface area contributed by atoms with Gasteiger partial charge in [-0.2, -0.15) is 0 Å². The van der Waals surface area contributed by atoms with Gasteiger partial charge in [-0.25, -0.2) is 9.97 Å². The number of nitrogens with zero attached hydrogens (tertiary/aromatic N) is 5. The number of primary amides is 1. The SMILES string of the molecule is Cc1nc(SCC(=O)N2CCC[C@H](c3nccn3CC(N)=O)C2)n[nH]1. The van der Waals surface area contributed by atoms with Gasteiger partial charge in [-0.05, 0) is 19.8 Å². The molecule has 1 saturated heterocycles. The second-order valence-corrected chi connectivity index (χ2v) is 6.99. The summed E-state index contributed by atoms with van der Waals surface area (Å²) in [6.45, 7) is 3.27. The Kier molecular flexibility index (Phi) is 5.37. The van der Waals surface area contributed by atoms with E-state index in [-0.39, 0.29) is 18.4 Å². The highest BCUT2D eigenvalue weighted by Gasteiger charge is 2.27. The molecule has 0 aliphatic carbocycles. The van der Waals surface area contributed by atoms with E-state index in [1.54, 1.807) is 17.0 Å². The van der Waals surface area contributed by atoms with Crippen molar-refractivity contribution in [3.05, 3.63) is 24.0 Å². The lowest BCUT2D eigenvalue weighted by molar-refractivity contribution is -0.129. The van der Waals surface area contributed by atoms with Crippen LogP contribution in [0.5, 0.6) is 0 Å². The molecule has 1 fully saturated rings. The number of carbonyl (C=O) groups excluding carboxylic acids is 2. The molecule has 3 rings (SSSR count). The van der Waals surface area contributed by atoms with Gasteiger partial charge in [0.15, 0.2) is 0 Å². The predicted octanol–water partition coefficient (Wildman–Crippen LogP) is 0.293. The number of rotatable bonds is 6. The van der Waals surface area contributed by atoms with Crippen LogP contribution in [0.25, 0.3) is 0 Å². The minimum Gasteiger partial charge on any atom is -0.368 e. The van der Waals surface area contributed by atoms with Crippen LogP contribution >= 0.6 is 11.8 Å². The van der Waals surface area contributed by atoms with E-state index >= 15 is 0 Å². The Morgan fingerprint density at radius 1 is 1.48 bits per heavy atom. The van der Waals surface area contributed by atoms with Gasteiger partial charge < -0.3 is 15.2 Å². The van der Waals surface area contributed by atoms with Gasteiger partial charge in [0.05, 0.1) is 5.75 Å². The molecule has 134 valence electrons. The van der Waals surface area contributed by atoms with E-state index in [1.165, 1.54) is 11.8 Å². The molecule has 0 radical (unpaired) electrons. The van der Waals surface area contributed by atoms with Gasteiger partial charge in [0.2, 0.25) is 17.0 Å². The summed E-state index contributed by atoms with van der Waals surface area (Å²) in [4.78, 5) is 34.1. The van der Waals surface area contributed by atoms with E-state index in [0.717, 1.165) is 31.0 Å². The molecule has 3 N–H and O–H groups in total. The van der Waals surface area contributed by atoms with Crippen LogP contribution in [0, 0.1) is 6.92 Å². The summed E-state index contributed by atoms with van der Waals surface area (Å²) in [7, 11) is 0. The van der Waals surface area contributed by atoms with E-state index in [2.05, 4.69) is 20.2 Å². The van der Waals surface area contributed by atoms with Crippen LogP contribution in [-0.2, 0) is 16.1 Å². The van der Waals surface area contributed by atoms with Crippen LogP contribution in [-0.4, -0.2) is 60.3 Å². The predicted molar refractivity (Wildman–Crippen MR) is 91.8 cm³/mol. The summed E-state index contributed by atoms with van der Waals surface area (Å²) >= 11 is 1.33. The van der Waals surface area contributed by atoms with Crippen LogP contribution in [0.4, 0.5) is 0 Å². The van der Waals surface area contributed by atoms with Gasteiger partial charge in [-0.3, -0.25) is 14.7 Å². The topological polar surface area (TPSA) is 123 Å². The second kappa shape index (κ2) is 7.68. The Hall–Kier alpha value is -2.36. The summed E-state index contributed by atoms with van der Waals surface area (Å²) in [6, 6.07) is 0. The fourth-order valence-electron chi connectivity index (χ4n) is 3.00.